The van der Waals surface area contributed by atoms with E-state index in [1.807, 2.05) is 0 Å². The molecule has 3 rings (SSSR count). The molecule has 8 nitrogen and oxygen atoms in total. The summed E-state index contributed by atoms with van der Waals surface area (Å²) >= 11 is 0. The Bertz CT molecular complexity index is 709. The van der Waals surface area contributed by atoms with Crippen LogP contribution >= 0.6 is 0 Å². The second kappa shape index (κ2) is 5.38. The van der Waals surface area contributed by atoms with E-state index in [0.717, 1.165) is 19.3 Å². The van der Waals surface area contributed by atoms with E-state index < -0.39 is 10.5 Å². The molecule has 22 heavy (non-hydrogen) atoms. The normalized spacial score (nSPS) is 16.1. The minimum atomic E-state index is -0.529. The van der Waals surface area contributed by atoms with E-state index in [9.17, 15) is 10.1 Å². The molecule has 0 radical (unpaired) electrons. The summed E-state index contributed by atoms with van der Waals surface area (Å²) in [6.45, 7) is 2.11. The number of nitro benzene ring substituents is 1. The maximum atomic E-state index is 11.1. The quantitative estimate of drug-likeness (QED) is 0.665. The maximum absolute atomic E-state index is 11.1. The van der Waals surface area contributed by atoms with Gasteiger partial charge in [0.05, 0.1) is 17.1 Å². The summed E-state index contributed by atoms with van der Waals surface area (Å²) in [5.41, 5.74) is 5.95. The molecule has 2 aromatic rings. The highest BCUT2D eigenvalue weighted by Crippen LogP contribution is 2.38. The maximum Gasteiger partial charge on any atom is 0.311 e. The zero-order chi connectivity index (χ0) is 15.7. The van der Waals surface area contributed by atoms with E-state index in [1.165, 1.54) is 12.1 Å². The predicted octanol–water partition coefficient (Wildman–Crippen LogP) is 2.38. The molecule has 1 aromatic carbocycles. The van der Waals surface area contributed by atoms with Gasteiger partial charge in [-0.05, 0) is 38.3 Å². The number of hydrogen-bond donors (Lipinski definition) is 1. The molecule has 2 N–H and O–H groups in total. The highest BCUT2D eigenvalue weighted by Gasteiger charge is 2.39. The summed E-state index contributed by atoms with van der Waals surface area (Å²) in [6.07, 6.45) is 2.67. The Labute approximate surface area is 126 Å². The van der Waals surface area contributed by atoms with Gasteiger partial charge >= 0.3 is 5.69 Å². The summed E-state index contributed by atoms with van der Waals surface area (Å²) < 4.78 is 10.4. The van der Waals surface area contributed by atoms with Crippen LogP contribution in [0.3, 0.4) is 0 Å². The minimum absolute atomic E-state index is 0.134. The lowest BCUT2D eigenvalue weighted by Gasteiger charge is -2.34. The lowest BCUT2D eigenvalue weighted by Crippen LogP contribution is -2.44. The van der Waals surface area contributed by atoms with Crippen molar-refractivity contribution in [1.29, 1.82) is 0 Å². The molecule has 1 aliphatic carbocycles. The van der Waals surface area contributed by atoms with Crippen LogP contribution in [-0.4, -0.2) is 21.7 Å². The van der Waals surface area contributed by atoms with Gasteiger partial charge in [-0.15, -0.1) is 0 Å². The summed E-state index contributed by atoms with van der Waals surface area (Å²) in [5.74, 6) is 0.883. The summed E-state index contributed by atoms with van der Waals surface area (Å²) in [5, 5.41) is 15.0. The summed E-state index contributed by atoms with van der Waals surface area (Å²) in [4.78, 5) is 14.9. The first-order valence-corrected chi connectivity index (χ1v) is 7.08. The number of nitrogens with zero attached hydrogens (tertiary/aromatic N) is 3. The number of aromatic nitrogens is 2. The first kappa shape index (κ1) is 14.5. The Hall–Kier alpha value is -2.48. The molecular formula is C14H16N4O4. The molecular weight excluding hydrogens is 288 g/mol. The lowest BCUT2D eigenvalue weighted by atomic mass is 9.77. The van der Waals surface area contributed by atoms with E-state index >= 15 is 0 Å². The molecule has 0 atom stereocenters. The number of rotatable bonds is 5. The molecule has 1 heterocycles. The Balaban J connectivity index is 1.95. The number of nitro groups is 1. The summed E-state index contributed by atoms with van der Waals surface area (Å²) in [7, 11) is 0. The van der Waals surface area contributed by atoms with Gasteiger partial charge in [-0.2, -0.15) is 4.98 Å². The highest BCUT2D eigenvalue weighted by atomic mass is 16.6. The van der Waals surface area contributed by atoms with Crippen LogP contribution in [0, 0.1) is 10.1 Å². The molecule has 0 saturated heterocycles. The van der Waals surface area contributed by atoms with E-state index in [-0.39, 0.29) is 17.3 Å². The molecule has 0 amide bonds. The largest absolute Gasteiger partial charge is 0.487 e. The van der Waals surface area contributed by atoms with Crippen LogP contribution in [0.25, 0.3) is 11.5 Å². The molecule has 0 spiro atoms. The minimum Gasteiger partial charge on any atom is -0.487 e. The van der Waals surface area contributed by atoms with E-state index in [2.05, 4.69) is 10.1 Å². The second-order valence-corrected chi connectivity index (χ2v) is 5.31. The zero-order valence-corrected chi connectivity index (χ0v) is 12.1. The van der Waals surface area contributed by atoms with Gasteiger partial charge in [0, 0.05) is 11.6 Å². The van der Waals surface area contributed by atoms with Crippen LogP contribution in [-0.2, 0) is 5.54 Å². The van der Waals surface area contributed by atoms with Crippen molar-refractivity contribution in [2.75, 3.05) is 6.61 Å². The average Bonchev–Trinajstić information content (AvgIpc) is 2.95. The van der Waals surface area contributed by atoms with E-state index in [1.54, 1.807) is 13.0 Å². The van der Waals surface area contributed by atoms with Crippen molar-refractivity contribution in [2.45, 2.75) is 31.7 Å². The molecule has 8 heteroatoms. The van der Waals surface area contributed by atoms with Gasteiger partial charge in [-0.25, -0.2) is 0 Å². The molecule has 1 fully saturated rings. The van der Waals surface area contributed by atoms with Crippen molar-refractivity contribution in [2.24, 2.45) is 5.73 Å². The molecule has 116 valence electrons. The number of benzene rings is 1. The van der Waals surface area contributed by atoms with Crippen LogP contribution in [0.1, 0.15) is 32.0 Å². The monoisotopic (exact) mass is 304 g/mol. The second-order valence-electron chi connectivity index (χ2n) is 5.31. The zero-order valence-electron chi connectivity index (χ0n) is 12.1. The van der Waals surface area contributed by atoms with Gasteiger partial charge < -0.3 is 15.0 Å². The molecule has 0 unspecified atom stereocenters. The molecule has 1 saturated carbocycles. The average molecular weight is 304 g/mol. The van der Waals surface area contributed by atoms with Crippen LogP contribution in [0.4, 0.5) is 5.69 Å². The number of nitrogens with two attached hydrogens (primary N) is 1. The topological polar surface area (TPSA) is 117 Å². The Morgan fingerprint density at radius 1 is 1.50 bits per heavy atom. The Morgan fingerprint density at radius 3 is 2.86 bits per heavy atom. The van der Waals surface area contributed by atoms with Gasteiger partial charge in [0.1, 0.15) is 0 Å². The van der Waals surface area contributed by atoms with E-state index in [0.29, 0.717) is 18.0 Å². The third-order valence-corrected chi connectivity index (χ3v) is 3.82. The molecule has 0 bridgehead atoms. The predicted molar refractivity (Wildman–Crippen MR) is 77.3 cm³/mol. The van der Waals surface area contributed by atoms with Gasteiger partial charge in [-0.1, -0.05) is 5.16 Å². The fraction of sp³-hybridized carbons (Fsp3) is 0.429. The Morgan fingerprint density at radius 2 is 2.27 bits per heavy atom. The standard InChI is InChI=1S/C14H16N4O4/c1-2-21-11-5-4-9(8-10(11)18(19)20)12-16-13(17-22-12)14(15)6-3-7-14/h4-5,8H,2-3,6-7,15H2,1H3. The van der Waals surface area contributed by atoms with Gasteiger partial charge in [-0.3, -0.25) is 10.1 Å². The van der Waals surface area contributed by atoms with Crippen molar-refractivity contribution in [3.63, 3.8) is 0 Å². The summed E-state index contributed by atoms with van der Waals surface area (Å²) in [6, 6.07) is 4.55. The molecule has 1 aromatic heterocycles. The van der Waals surface area contributed by atoms with Crippen molar-refractivity contribution in [3.8, 4) is 17.2 Å². The molecule has 0 aliphatic heterocycles. The van der Waals surface area contributed by atoms with Crippen molar-refractivity contribution < 1.29 is 14.2 Å². The number of ether oxygens (including phenoxy) is 1. The number of hydrogen-bond acceptors (Lipinski definition) is 7. The van der Waals surface area contributed by atoms with Crippen molar-refractivity contribution in [3.05, 3.63) is 34.1 Å². The fourth-order valence-electron chi connectivity index (χ4n) is 2.39. The first-order valence-electron chi connectivity index (χ1n) is 7.08. The van der Waals surface area contributed by atoms with Gasteiger partial charge in [0.2, 0.25) is 0 Å². The highest BCUT2D eigenvalue weighted by molar-refractivity contribution is 5.62. The third kappa shape index (κ3) is 2.41. The lowest BCUT2D eigenvalue weighted by molar-refractivity contribution is -0.385. The molecule has 1 aliphatic rings. The van der Waals surface area contributed by atoms with Crippen LogP contribution in [0.2, 0.25) is 0 Å². The Kier molecular flexibility index (Phi) is 3.53. The first-order chi connectivity index (χ1) is 10.5. The van der Waals surface area contributed by atoms with Crippen LogP contribution < -0.4 is 10.5 Å². The van der Waals surface area contributed by atoms with Crippen molar-refractivity contribution in [1.82, 2.24) is 10.1 Å². The van der Waals surface area contributed by atoms with Crippen LogP contribution in [0.5, 0.6) is 5.75 Å². The SMILES string of the molecule is CCOc1ccc(-c2nc(C3(N)CCC3)no2)cc1[N+](=O)[O-]. The third-order valence-electron chi connectivity index (χ3n) is 3.82. The van der Waals surface area contributed by atoms with Gasteiger partial charge in [0.25, 0.3) is 5.89 Å². The smallest absolute Gasteiger partial charge is 0.311 e. The van der Waals surface area contributed by atoms with Crippen molar-refractivity contribution >= 4 is 5.69 Å². The van der Waals surface area contributed by atoms with Gasteiger partial charge in [0.15, 0.2) is 11.6 Å². The van der Waals surface area contributed by atoms with E-state index in [4.69, 9.17) is 15.0 Å². The van der Waals surface area contributed by atoms with Crippen LogP contribution in [0.15, 0.2) is 22.7 Å². The fourth-order valence-corrected chi connectivity index (χ4v) is 2.39.